The normalized spacial score (nSPS) is 12.3. The van der Waals surface area contributed by atoms with E-state index < -0.39 is 11.4 Å². The maximum absolute atomic E-state index is 12.1. The molecule has 0 radical (unpaired) electrons. The minimum Gasteiger partial charge on any atom is -0.493 e. The van der Waals surface area contributed by atoms with Crippen molar-refractivity contribution in [2.75, 3.05) is 13.2 Å². The van der Waals surface area contributed by atoms with Crippen LogP contribution < -0.4 is 5.69 Å². The summed E-state index contributed by atoms with van der Waals surface area (Å²) in [5.74, 6) is -0.806. The van der Waals surface area contributed by atoms with E-state index in [0.29, 0.717) is 26.2 Å². The third-order valence-electron chi connectivity index (χ3n) is 5.08. The summed E-state index contributed by atoms with van der Waals surface area (Å²) in [5, 5.41) is 19.0. The van der Waals surface area contributed by atoms with Gasteiger partial charge < -0.3 is 14.9 Å². The number of carboxylic acids is 1. The fourth-order valence-corrected chi connectivity index (χ4v) is 3.06. The Bertz CT molecular complexity index is 700. The number of carbonyl (C=O) groups is 1. The molecule has 0 unspecified atom stereocenters. The summed E-state index contributed by atoms with van der Waals surface area (Å²) in [7, 11) is 0. The van der Waals surface area contributed by atoms with E-state index in [1.807, 2.05) is 0 Å². The van der Waals surface area contributed by atoms with Crippen molar-refractivity contribution >= 4 is 12.2 Å². The number of aliphatic carboxylic acids is 1. The van der Waals surface area contributed by atoms with Gasteiger partial charge in [0.05, 0.1) is 11.6 Å². The molecule has 1 aromatic rings. The molecule has 0 saturated heterocycles. The number of nitrogens with zero attached hydrogens (tertiary/aromatic N) is 2. The molecule has 0 aliphatic heterocycles. The van der Waals surface area contributed by atoms with Crippen molar-refractivity contribution in [3.63, 3.8) is 0 Å². The highest BCUT2D eigenvalue weighted by atomic mass is 16.5. The summed E-state index contributed by atoms with van der Waals surface area (Å²) in [5.41, 5.74) is -1.08. The van der Waals surface area contributed by atoms with Crippen LogP contribution in [-0.2, 0) is 16.1 Å². The summed E-state index contributed by atoms with van der Waals surface area (Å²) >= 11 is 0. The lowest BCUT2D eigenvalue weighted by Crippen LogP contribution is -2.28. The molecule has 0 spiro atoms. The Balaban J connectivity index is 2.22. The molecule has 0 aliphatic carbocycles. The summed E-state index contributed by atoms with van der Waals surface area (Å²) in [6, 6.07) is 0. The molecule has 28 heavy (non-hydrogen) atoms. The molecule has 0 aliphatic rings. The van der Waals surface area contributed by atoms with E-state index in [0.717, 1.165) is 32.1 Å². The molecule has 1 heterocycles. The number of ether oxygens (including phenoxy) is 1. The van der Waals surface area contributed by atoms with Gasteiger partial charge in [-0.05, 0) is 44.9 Å². The van der Waals surface area contributed by atoms with Gasteiger partial charge in [0.1, 0.15) is 0 Å². The smallest absolute Gasteiger partial charge is 0.335 e. The van der Waals surface area contributed by atoms with Gasteiger partial charge in [0.25, 0.3) is 0 Å². The van der Waals surface area contributed by atoms with Crippen molar-refractivity contribution in [2.45, 2.75) is 72.8 Å². The first kappa shape index (κ1) is 24.0. The van der Waals surface area contributed by atoms with Gasteiger partial charge in [0.15, 0.2) is 0 Å². The SMILES string of the molecule is C=Cn1cc(O)n(CC(C)(C)CCCCOCCCCC(C)(C)C(=O)O)c1=O. The van der Waals surface area contributed by atoms with Gasteiger partial charge in [0, 0.05) is 26.0 Å². The zero-order valence-corrected chi connectivity index (χ0v) is 17.7. The highest BCUT2D eigenvalue weighted by Crippen LogP contribution is 2.27. The number of aromatic hydroxyl groups is 1. The van der Waals surface area contributed by atoms with Crippen LogP contribution in [-0.4, -0.2) is 38.5 Å². The van der Waals surface area contributed by atoms with Crippen LogP contribution in [0.1, 0.15) is 66.2 Å². The predicted molar refractivity (Wildman–Crippen MR) is 110 cm³/mol. The van der Waals surface area contributed by atoms with Crippen LogP contribution in [0.2, 0.25) is 0 Å². The molecule has 1 rings (SSSR count). The number of rotatable bonds is 14. The maximum atomic E-state index is 12.1. The number of hydrogen-bond acceptors (Lipinski definition) is 4. The van der Waals surface area contributed by atoms with Gasteiger partial charge in [-0.1, -0.05) is 33.3 Å². The van der Waals surface area contributed by atoms with Crippen molar-refractivity contribution in [1.82, 2.24) is 9.13 Å². The van der Waals surface area contributed by atoms with Gasteiger partial charge in [-0.15, -0.1) is 0 Å². The van der Waals surface area contributed by atoms with Crippen LogP contribution in [0.5, 0.6) is 5.88 Å². The molecule has 0 fully saturated rings. The summed E-state index contributed by atoms with van der Waals surface area (Å²) in [6.45, 7) is 13.0. The van der Waals surface area contributed by atoms with Crippen LogP contribution in [0, 0.1) is 10.8 Å². The molecule has 7 nitrogen and oxygen atoms in total. The van der Waals surface area contributed by atoms with E-state index in [2.05, 4.69) is 20.4 Å². The molecule has 0 bridgehead atoms. The second-order valence-electron chi connectivity index (χ2n) is 8.83. The monoisotopic (exact) mass is 396 g/mol. The minimum absolute atomic E-state index is 0.0487. The lowest BCUT2D eigenvalue weighted by atomic mass is 9.87. The molecule has 7 heteroatoms. The Kier molecular flexibility index (Phi) is 9.01. The number of hydrogen-bond donors (Lipinski definition) is 2. The Labute approximate surface area is 167 Å². The third-order valence-corrected chi connectivity index (χ3v) is 5.08. The van der Waals surface area contributed by atoms with Gasteiger partial charge in [-0.3, -0.25) is 13.9 Å². The zero-order valence-electron chi connectivity index (χ0n) is 17.7. The second kappa shape index (κ2) is 10.5. The van der Waals surface area contributed by atoms with Gasteiger partial charge >= 0.3 is 11.7 Å². The van der Waals surface area contributed by atoms with Gasteiger partial charge in [0.2, 0.25) is 5.88 Å². The standard InChI is InChI=1S/C21H36N2O5/c1-6-22-15-17(24)23(19(22)27)16-20(2,3)11-7-9-13-28-14-10-8-12-21(4,5)18(25)26/h6,15,24H,1,7-14,16H2,2-5H3,(H,25,26). The van der Waals surface area contributed by atoms with Gasteiger partial charge in [-0.25, -0.2) is 4.79 Å². The molecule has 0 amide bonds. The molecule has 0 aromatic carbocycles. The number of imidazole rings is 1. The van der Waals surface area contributed by atoms with E-state index >= 15 is 0 Å². The largest absolute Gasteiger partial charge is 0.493 e. The topological polar surface area (TPSA) is 93.7 Å². The second-order valence-corrected chi connectivity index (χ2v) is 8.83. The summed E-state index contributed by atoms with van der Waals surface area (Å²) < 4.78 is 8.29. The van der Waals surface area contributed by atoms with Crippen molar-refractivity contribution < 1.29 is 19.7 Å². The molecule has 1 aromatic heterocycles. The van der Waals surface area contributed by atoms with E-state index in [-0.39, 0.29) is 17.0 Å². The first-order valence-corrected chi connectivity index (χ1v) is 9.94. The Morgan fingerprint density at radius 1 is 1.14 bits per heavy atom. The van der Waals surface area contributed by atoms with E-state index in [1.54, 1.807) is 13.8 Å². The van der Waals surface area contributed by atoms with Crippen molar-refractivity contribution in [1.29, 1.82) is 0 Å². The Morgan fingerprint density at radius 2 is 1.71 bits per heavy atom. The molecule has 0 saturated carbocycles. The van der Waals surface area contributed by atoms with Crippen molar-refractivity contribution in [3.05, 3.63) is 23.3 Å². The number of unbranched alkanes of at least 4 members (excludes halogenated alkanes) is 2. The average Bonchev–Trinajstić information content (AvgIpc) is 2.87. The van der Waals surface area contributed by atoms with E-state index in [9.17, 15) is 14.7 Å². The lowest BCUT2D eigenvalue weighted by Gasteiger charge is -2.25. The summed E-state index contributed by atoms with van der Waals surface area (Å²) in [4.78, 5) is 23.2. The maximum Gasteiger partial charge on any atom is 0.335 e. The minimum atomic E-state index is -0.757. The third kappa shape index (κ3) is 7.54. The Hall–Kier alpha value is -2.02. The first-order valence-electron chi connectivity index (χ1n) is 9.94. The van der Waals surface area contributed by atoms with E-state index in [4.69, 9.17) is 9.84 Å². The van der Waals surface area contributed by atoms with Crippen LogP contribution >= 0.6 is 0 Å². The fraction of sp³-hybridized carbons (Fsp3) is 0.714. The summed E-state index contributed by atoms with van der Waals surface area (Å²) in [6.07, 6.45) is 7.92. The highest BCUT2D eigenvalue weighted by molar-refractivity contribution is 5.73. The molecular weight excluding hydrogens is 360 g/mol. The molecule has 2 N–H and O–H groups in total. The molecular formula is C21H36N2O5. The average molecular weight is 397 g/mol. The van der Waals surface area contributed by atoms with Crippen molar-refractivity contribution in [3.8, 4) is 5.88 Å². The van der Waals surface area contributed by atoms with Crippen LogP contribution in [0.4, 0.5) is 0 Å². The molecule has 160 valence electrons. The fourth-order valence-electron chi connectivity index (χ4n) is 3.06. The quantitative estimate of drug-likeness (QED) is 0.464. The van der Waals surface area contributed by atoms with Crippen LogP contribution in [0.15, 0.2) is 17.6 Å². The van der Waals surface area contributed by atoms with Crippen LogP contribution in [0.25, 0.3) is 6.20 Å². The number of carboxylic acid groups (broad SMARTS) is 1. The Morgan fingerprint density at radius 3 is 2.21 bits per heavy atom. The van der Waals surface area contributed by atoms with Gasteiger partial charge in [-0.2, -0.15) is 0 Å². The van der Waals surface area contributed by atoms with Crippen LogP contribution in [0.3, 0.4) is 0 Å². The zero-order chi connectivity index (χ0) is 21.4. The van der Waals surface area contributed by atoms with E-state index in [1.165, 1.54) is 21.5 Å². The first-order chi connectivity index (χ1) is 13.0. The van der Waals surface area contributed by atoms with Crippen molar-refractivity contribution in [2.24, 2.45) is 10.8 Å². The molecule has 0 atom stereocenters. The number of aromatic nitrogens is 2. The predicted octanol–water partition coefficient (Wildman–Crippen LogP) is 3.95. The lowest BCUT2D eigenvalue weighted by molar-refractivity contribution is -0.147. The highest BCUT2D eigenvalue weighted by Gasteiger charge is 2.26.